The Morgan fingerprint density at radius 1 is 1.00 bits per heavy atom. The molecule has 1 amide bonds. The van der Waals surface area contributed by atoms with E-state index in [1.165, 1.54) is 0 Å². The molecule has 1 aliphatic rings. The number of benzene rings is 1. The quantitative estimate of drug-likeness (QED) is 0.701. The van der Waals surface area contributed by atoms with Gasteiger partial charge < -0.3 is 19.8 Å². The normalized spacial score (nSPS) is 13.7. The van der Waals surface area contributed by atoms with Crippen LogP contribution in [0.25, 0.3) is 0 Å². The van der Waals surface area contributed by atoms with E-state index in [-0.39, 0.29) is 12.5 Å². The van der Waals surface area contributed by atoms with Crippen molar-refractivity contribution < 1.29 is 29.3 Å². The minimum absolute atomic E-state index is 0.0500. The van der Waals surface area contributed by atoms with Crippen LogP contribution in [0.3, 0.4) is 0 Å². The van der Waals surface area contributed by atoms with Crippen molar-refractivity contribution in [3.63, 3.8) is 0 Å². The number of carboxylic acid groups (broad SMARTS) is 2. The lowest BCUT2D eigenvalue weighted by Gasteiger charge is -2.34. The minimum atomic E-state index is -1.82. The maximum atomic E-state index is 12.3. The van der Waals surface area contributed by atoms with Gasteiger partial charge in [-0.05, 0) is 36.8 Å². The molecule has 0 radical (unpaired) electrons. The summed E-state index contributed by atoms with van der Waals surface area (Å²) < 4.78 is 5.61. The summed E-state index contributed by atoms with van der Waals surface area (Å²) in [6.45, 7) is 6.16. The molecule has 2 heterocycles. The van der Waals surface area contributed by atoms with Gasteiger partial charge in [0.15, 0.2) is 6.61 Å². The van der Waals surface area contributed by atoms with Crippen LogP contribution in [0, 0.1) is 6.92 Å². The number of carbonyl (C=O) groups is 3. The highest BCUT2D eigenvalue weighted by Crippen LogP contribution is 2.13. The van der Waals surface area contributed by atoms with Crippen molar-refractivity contribution >= 4 is 17.8 Å². The number of hydrogen-bond donors (Lipinski definition) is 2. The van der Waals surface area contributed by atoms with Gasteiger partial charge in [0.2, 0.25) is 0 Å². The molecule has 2 N–H and O–H groups in total. The Hall–Kier alpha value is -3.46. The lowest BCUT2D eigenvalue weighted by molar-refractivity contribution is -0.159. The molecule has 9 nitrogen and oxygen atoms in total. The molecular weight excluding hydrogens is 390 g/mol. The number of carbonyl (C=O) groups excluding carboxylic acids is 1. The van der Waals surface area contributed by atoms with Crippen LogP contribution in [0.2, 0.25) is 0 Å². The van der Waals surface area contributed by atoms with Gasteiger partial charge in [-0.15, -0.1) is 0 Å². The van der Waals surface area contributed by atoms with Gasteiger partial charge in [0.25, 0.3) is 5.91 Å². The highest BCUT2D eigenvalue weighted by atomic mass is 16.5. The predicted octanol–water partition coefficient (Wildman–Crippen LogP) is 1.27. The van der Waals surface area contributed by atoms with Gasteiger partial charge in [0.05, 0.1) is 5.69 Å². The first-order valence-corrected chi connectivity index (χ1v) is 9.41. The third kappa shape index (κ3) is 7.88. The van der Waals surface area contributed by atoms with Gasteiger partial charge in [-0.2, -0.15) is 0 Å². The molecule has 1 saturated heterocycles. The molecule has 0 aliphatic carbocycles. The summed E-state index contributed by atoms with van der Waals surface area (Å²) in [5.41, 5.74) is 2.20. The third-order valence-corrected chi connectivity index (χ3v) is 4.37. The van der Waals surface area contributed by atoms with Crippen molar-refractivity contribution in [3.05, 3.63) is 59.9 Å². The number of rotatable bonds is 5. The molecule has 3 rings (SSSR count). The average molecular weight is 415 g/mol. The predicted molar refractivity (Wildman–Crippen MR) is 108 cm³/mol. The maximum absolute atomic E-state index is 12.3. The zero-order valence-electron chi connectivity index (χ0n) is 16.7. The fourth-order valence-electron chi connectivity index (χ4n) is 2.82. The summed E-state index contributed by atoms with van der Waals surface area (Å²) in [6, 6.07) is 13.7. The van der Waals surface area contributed by atoms with E-state index in [0.29, 0.717) is 0 Å². The van der Waals surface area contributed by atoms with E-state index in [9.17, 15) is 4.79 Å². The minimum Gasteiger partial charge on any atom is -0.484 e. The van der Waals surface area contributed by atoms with Crippen molar-refractivity contribution in [2.24, 2.45) is 0 Å². The molecule has 2 aromatic rings. The molecule has 1 aliphatic heterocycles. The Morgan fingerprint density at radius 2 is 1.70 bits per heavy atom. The molecule has 1 aromatic carbocycles. The number of carboxylic acids is 2. The number of hydrogen-bond acceptors (Lipinski definition) is 6. The summed E-state index contributed by atoms with van der Waals surface area (Å²) in [4.78, 5) is 39.1. The molecule has 0 unspecified atom stereocenters. The first kappa shape index (κ1) is 22.8. The molecule has 0 spiro atoms. The Labute approximate surface area is 174 Å². The molecule has 1 fully saturated rings. The highest BCUT2D eigenvalue weighted by Gasteiger charge is 2.21. The Kier molecular flexibility index (Phi) is 8.76. The topological polar surface area (TPSA) is 120 Å². The van der Waals surface area contributed by atoms with E-state index in [2.05, 4.69) is 9.88 Å². The van der Waals surface area contributed by atoms with E-state index in [4.69, 9.17) is 24.5 Å². The van der Waals surface area contributed by atoms with Crippen molar-refractivity contribution in [1.29, 1.82) is 0 Å². The fraction of sp³-hybridized carbons (Fsp3) is 0.333. The summed E-state index contributed by atoms with van der Waals surface area (Å²) in [5, 5.41) is 14.8. The number of aromatic nitrogens is 1. The van der Waals surface area contributed by atoms with Gasteiger partial charge in [0, 0.05) is 38.9 Å². The molecule has 1 aromatic heterocycles. The second-order valence-corrected chi connectivity index (χ2v) is 6.69. The van der Waals surface area contributed by atoms with Crippen LogP contribution in [0.1, 0.15) is 11.3 Å². The molecule has 0 bridgehead atoms. The van der Waals surface area contributed by atoms with Crippen LogP contribution >= 0.6 is 0 Å². The Morgan fingerprint density at radius 3 is 2.27 bits per heavy atom. The maximum Gasteiger partial charge on any atom is 0.414 e. The monoisotopic (exact) mass is 415 g/mol. The first-order valence-electron chi connectivity index (χ1n) is 9.41. The Balaban J connectivity index is 0.000000469. The van der Waals surface area contributed by atoms with Crippen molar-refractivity contribution in [1.82, 2.24) is 14.8 Å². The molecule has 9 heteroatoms. The average Bonchev–Trinajstić information content (AvgIpc) is 2.74. The van der Waals surface area contributed by atoms with E-state index < -0.39 is 11.9 Å². The molecule has 160 valence electrons. The van der Waals surface area contributed by atoms with Crippen LogP contribution in [0.5, 0.6) is 5.75 Å². The standard InChI is InChI=1S/C19H23N3O2.C2H2O4/c1-16-5-4-7-18(13-16)24-15-19(23)22-11-9-21(10-12-22)14-17-6-2-3-8-20-17;3-1(4)2(5)6/h2-8,13H,9-12,14-15H2,1H3;(H,3,4)(H,5,6). The molecule has 0 atom stereocenters. The van der Waals surface area contributed by atoms with Crippen LogP contribution in [0.4, 0.5) is 0 Å². The number of ether oxygens (including phenoxy) is 1. The second-order valence-electron chi connectivity index (χ2n) is 6.69. The van der Waals surface area contributed by atoms with Crippen LogP contribution < -0.4 is 4.74 Å². The van der Waals surface area contributed by atoms with Crippen LogP contribution in [-0.2, 0) is 20.9 Å². The van der Waals surface area contributed by atoms with Gasteiger partial charge in [-0.1, -0.05) is 18.2 Å². The Bertz CT molecular complexity index is 839. The number of piperazine rings is 1. The smallest absolute Gasteiger partial charge is 0.414 e. The number of aliphatic carboxylic acids is 2. The third-order valence-electron chi connectivity index (χ3n) is 4.37. The second kappa shape index (κ2) is 11.5. The van der Waals surface area contributed by atoms with E-state index in [1.54, 1.807) is 0 Å². The van der Waals surface area contributed by atoms with Gasteiger partial charge >= 0.3 is 11.9 Å². The summed E-state index contributed by atoms with van der Waals surface area (Å²) in [5.74, 6) is -2.85. The number of pyridine rings is 1. The van der Waals surface area contributed by atoms with Gasteiger partial charge in [-0.3, -0.25) is 14.7 Å². The number of aryl methyl sites for hydroxylation is 1. The SMILES string of the molecule is Cc1cccc(OCC(=O)N2CCN(Cc3ccccn3)CC2)c1.O=C(O)C(=O)O. The van der Waals surface area contributed by atoms with Crippen molar-refractivity contribution in [2.45, 2.75) is 13.5 Å². The molecular formula is C21H25N3O6. The van der Waals surface area contributed by atoms with Gasteiger partial charge in [0.1, 0.15) is 5.75 Å². The highest BCUT2D eigenvalue weighted by molar-refractivity contribution is 6.27. The van der Waals surface area contributed by atoms with E-state index >= 15 is 0 Å². The molecule has 30 heavy (non-hydrogen) atoms. The zero-order valence-corrected chi connectivity index (χ0v) is 16.7. The van der Waals surface area contributed by atoms with Crippen LogP contribution in [0.15, 0.2) is 48.7 Å². The summed E-state index contributed by atoms with van der Waals surface area (Å²) >= 11 is 0. The summed E-state index contributed by atoms with van der Waals surface area (Å²) in [6.07, 6.45) is 1.82. The number of nitrogens with zero attached hydrogens (tertiary/aromatic N) is 3. The fourth-order valence-corrected chi connectivity index (χ4v) is 2.82. The molecule has 0 saturated carbocycles. The number of amides is 1. The lowest BCUT2D eigenvalue weighted by Crippen LogP contribution is -2.49. The zero-order chi connectivity index (χ0) is 21.9. The van der Waals surface area contributed by atoms with Crippen LogP contribution in [-0.4, -0.2) is 75.6 Å². The van der Waals surface area contributed by atoms with Crippen molar-refractivity contribution in [3.8, 4) is 5.75 Å². The van der Waals surface area contributed by atoms with Crippen molar-refractivity contribution in [2.75, 3.05) is 32.8 Å². The summed E-state index contributed by atoms with van der Waals surface area (Å²) in [7, 11) is 0. The largest absolute Gasteiger partial charge is 0.484 e. The first-order chi connectivity index (χ1) is 14.3. The van der Waals surface area contributed by atoms with Gasteiger partial charge in [-0.25, -0.2) is 9.59 Å². The van der Waals surface area contributed by atoms with E-state index in [0.717, 1.165) is 49.7 Å². The van der Waals surface area contributed by atoms with E-state index in [1.807, 2.05) is 60.5 Å². The lowest BCUT2D eigenvalue weighted by atomic mass is 10.2.